The molecule has 0 spiro atoms. The van der Waals surface area contributed by atoms with Crippen molar-refractivity contribution in [3.63, 3.8) is 0 Å². The summed E-state index contributed by atoms with van der Waals surface area (Å²) in [5.74, 6) is -0.323. The number of carbonyl (C=O) groups excluding carboxylic acids is 2. The largest absolute Gasteiger partial charge is 0.507 e. The Labute approximate surface area is 191 Å². The van der Waals surface area contributed by atoms with Crippen LogP contribution in [-0.4, -0.2) is 38.1 Å². The van der Waals surface area contributed by atoms with Gasteiger partial charge in [0.05, 0.1) is 32.9 Å². The average Bonchev–Trinajstić information content (AvgIpc) is 3.13. The molecule has 7 nitrogen and oxygen atoms in total. The number of amides is 1. The fourth-order valence-electron chi connectivity index (χ4n) is 3.95. The quantitative estimate of drug-likeness (QED) is 0.345. The van der Waals surface area contributed by atoms with Crippen LogP contribution in [-0.2, 0) is 9.59 Å². The predicted octanol–water partition coefficient (Wildman–Crippen LogP) is 4.34. The minimum absolute atomic E-state index is 0.0301. The fraction of sp³-hybridized carbons (Fsp3) is 0.154. The smallest absolute Gasteiger partial charge is 0.300 e. The van der Waals surface area contributed by atoms with E-state index in [1.165, 1.54) is 26.2 Å². The highest BCUT2D eigenvalue weighted by Gasteiger charge is 2.48. The van der Waals surface area contributed by atoms with E-state index in [-0.39, 0.29) is 11.3 Å². The molecule has 0 saturated carbocycles. The van der Waals surface area contributed by atoms with E-state index >= 15 is 0 Å². The van der Waals surface area contributed by atoms with E-state index in [1.54, 1.807) is 72.8 Å². The molecule has 33 heavy (non-hydrogen) atoms. The van der Waals surface area contributed by atoms with Crippen LogP contribution in [0.2, 0.25) is 0 Å². The van der Waals surface area contributed by atoms with Gasteiger partial charge in [-0.3, -0.25) is 14.5 Å². The molecule has 1 aliphatic rings. The molecule has 3 aromatic rings. The van der Waals surface area contributed by atoms with Crippen LogP contribution >= 0.6 is 0 Å². The number of anilines is 1. The maximum atomic E-state index is 13.3. The maximum Gasteiger partial charge on any atom is 0.300 e. The Hall–Kier alpha value is -4.26. The fourth-order valence-corrected chi connectivity index (χ4v) is 3.95. The van der Waals surface area contributed by atoms with Crippen LogP contribution in [0.15, 0.2) is 78.4 Å². The number of aliphatic hydroxyl groups is 1. The number of benzene rings is 3. The van der Waals surface area contributed by atoms with Crippen molar-refractivity contribution in [1.29, 1.82) is 0 Å². The molecule has 0 bridgehead atoms. The highest BCUT2D eigenvalue weighted by atomic mass is 16.5. The Morgan fingerprint density at radius 3 is 2.18 bits per heavy atom. The van der Waals surface area contributed by atoms with Crippen molar-refractivity contribution in [1.82, 2.24) is 0 Å². The molecule has 1 fully saturated rings. The molecule has 0 aromatic heterocycles. The lowest BCUT2D eigenvalue weighted by atomic mass is 9.94. The summed E-state index contributed by atoms with van der Waals surface area (Å²) >= 11 is 0. The summed E-state index contributed by atoms with van der Waals surface area (Å²) in [6.45, 7) is 0. The number of aliphatic hydroxyl groups excluding tert-OH is 1. The second-order valence-electron chi connectivity index (χ2n) is 7.34. The van der Waals surface area contributed by atoms with E-state index in [2.05, 4.69) is 0 Å². The zero-order chi connectivity index (χ0) is 23.5. The molecular formula is C26H23NO6. The molecule has 1 aliphatic heterocycles. The number of Topliss-reactive ketones (excluding diaryl/α,β-unsaturated/α-hetero) is 1. The van der Waals surface area contributed by atoms with Gasteiger partial charge in [-0.1, -0.05) is 36.4 Å². The monoisotopic (exact) mass is 445 g/mol. The topological polar surface area (TPSA) is 85.3 Å². The Kier molecular flexibility index (Phi) is 6.04. The summed E-state index contributed by atoms with van der Waals surface area (Å²) in [7, 11) is 4.55. The van der Waals surface area contributed by atoms with E-state index in [0.29, 0.717) is 34.1 Å². The van der Waals surface area contributed by atoms with Crippen LogP contribution in [0.3, 0.4) is 0 Å². The van der Waals surface area contributed by atoms with Gasteiger partial charge in [-0.2, -0.15) is 0 Å². The first-order valence-corrected chi connectivity index (χ1v) is 10.2. The molecular weight excluding hydrogens is 422 g/mol. The third-order valence-corrected chi connectivity index (χ3v) is 5.56. The summed E-state index contributed by atoms with van der Waals surface area (Å²) in [6.07, 6.45) is 0. The molecule has 0 aliphatic carbocycles. The molecule has 168 valence electrons. The Morgan fingerprint density at radius 1 is 0.818 bits per heavy atom. The Morgan fingerprint density at radius 2 is 1.52 bits per heavy atom. The van der Waals surface area contributed by atoms with E-state index in [9.17, 15) is 14.7 Å². The van der Waals surface area contributed by atoms with Gasteiger partial charge in [-0.15, -0.1) is 0 Å². The number of carbonyl (C=O) groups is 2. The Bertz CT molecular complexity index is 1230. The highest BCUT2D eigenvalue weighted by Crippen LogP contribution is 2.46. The molecule has 1 atom stereocenters. The normalized spacial score (nSPS) is 17.2. The second-order valence-corrected chi connectivity index (χ2v) is 7.34. The van der Waals surface area contributed by atoms with Crippen molar-refractivity contribution in [2.45, 2.75) is 6.04 Å². The predicted molar refractivity (Wildman–Crippen MR) is 124 cm³/mol. The first kappa shape index (κ1) is 22.0. The molecule has 0 radical (unpaired) electrons. The number of ketones is 1. The molecule has 1 amide bonds. The minimum Gasteiger partial charge on any atom is -0.507 e. The SMILES string of the molecule is COc1cccc(N2C(=O)C(=O)/C(=C(\O)c3ccccc3)C2c2ccc(OC)cc2OC)c1. The molecule has 1 N–H and O–H groups in total. The van der Waals surface area contributed by atoms with Gasteiger partial charge < -0.3 is 19.3 Å². The number of hydrogen-bond donors (Lipinski definition) is 1. The minimum atomic E-state index is -0.932. The van der Waals surface area contributed by atoms with Gasteiger partial charge >= 0.3 is 0 Å². The van der Waals surface area contributed by atoms with Gasteiger partial charge in [0.15, 0.2) is 0 Å². The number of rotatable bonds is 6. The van der Waals surface area contributed by atoms with Crippen molar-refractivity contribution in [2.75, 3.05) is 26.2 Å². The molecule has 3 aromatic carbocycles. The zero-order valence-electron chi connectivity index (χ0n) is 18.4. The third-order valence-electron chi connectivity index (χ3n) is 5.56. The van der Waals surface area contributed by atoms with Gasteiger partial charge in [-0.05, 0) is 24.3 Å². The number of hydrogen-bond acceptors (Lipinski definition) is 6. The van der Waals surface area contributed by atoms with Crippen molar-refractivity contribution < 1.29 is 28.9 Å². The van der Waals surface area contributed by atoms with Crippen LogP contribution < -0.4 is 19.1 Å². The van der Waals surface area contributed by atoms with Crippen LogP contribution in [0.4, 0.5) is 5.69 Å². The first-order chi connectivity index (χ1) is 16.0. The summed E-state index contributed by atoms with van der Waals surface area (Å²) in [5.41, 5.74) is 1.38. The molecule has 7 heteroatoms. The van der Waals surface area contributed by atoms with Crippen molar-refractivity contribution in [3.05, 3.63) is 89.5 Å². The third kappa shape index (κ3) is 3.89. The number of methoxy groups -OCH3 is 3. The second kappa shape index (κ2) is 9.08. The highest BCUT2D eigenvalue weighted by molar-refractivity contribution is 6.51. The lowest BCUT2D eigenvalue weighted by Crippen LogP contribution is -2.29. The molecule has 4 rings (SSSR count). The van der Waals surface area contributed by atoms with E-state index < -0.39 is 17.7 Å². The van der Waals surface area contributed by atoms with E-state index in [4.69, 9.17) is 14.2 Å². The summed E-state index contributed by atoms with van der Waals surface area (Å²) < 4.78 is 16.2. The molecule has 1 unspecified atom stereocenters. The van der Waals surface area contributed by atoms with Gasteiger partial charge in [-0.25, -0.2) is 0 Å². The lowest BCUT2D eigenvalue weighted by Gasteiger charge is -2.27. The van der Waals surface area contributed by atoms with Crippen LogP contribution in [0, 0.1) is 0 Å². The van der Waals surface area contributed by atoms with Crippen LogP contribution in [0.5, 0.6) is 17.2 Å². The van der Waals surface area contributed by atoms with E-state index in [1.807, 2.05) is 0 Å². The molecule has 1 saturated heterocycles. The number of ether oxygens (including phenoxy) is 3. The zero-order valence-corrected chi connectivity index (χ0v) is 18.4. The van der Waals surface area contributed by atoms with Crippen molar-refractivity contribution in [3.8, 4) is 17.2 Å². The average molecular weight is 445 g/mol. The van der Waals surface area contributed by atoms with Gasteiger partial charge in [0.25, 0.3) is 11.7 Å². The van der Waals surface area contributed by atoms with Crippen molar-refractivity contribution in [2.24, 2.45) is 0 Å². The van der Waals surface area contributed by atoms with E-state index in [0.717, 1.165) is 0 Å². The van der Waals surface area contributed by atoms with Gasteiger partial charge in [0, 0.05) is 28.9 Å². The van der Waals surface area contributed by atoms with Gasteiger partial charge in [0.1, 0.15) is 23.0 Å². The van der Waals surface area contributed by atoms with Gasteiger partial charge in [0.2, 0.25) is 0 Å². The maximum absolute atomic E-state index is 13.3. The lowest BCUT2D eigenvalue weighted by molar-refractivity contribution is -0.132. The Balaban J connectivity index is 1.99. The van der Waals surface area contributed by atoms with Crippen LogP contribution in [0.25, 0.3) is 5.76 Å². The summed E-state index contributed by atoms with van der Waals surface area (Å²) in [6, 6.07) is 19.7. The summed E-state index contributed by atoms with van der Waals surface area (Å²) in [4.78, 5) is 27.9. The molecule has 1 heterocycles. The van der Waals surface area contributed by atoms with Crippen LogP contribution in [0.1, 0.15) is 17.2 Å². The number of nitrogens with zero attached hydrogens (tertiary/aromatic N) is 1. The van der Waals surface area contributed by atoms with Crippen molar-refractivity contribution >= 4 is 23.1 Å². The first-order valence-electron chi connectivity index (χ1n) is 10.2. The summed E-state index contributed by atoms with van der Waals surface area (Å²) in [5, 5.41) is 11.2. The standard InChI is InChI=1S/C26H23NO6/c1-31-18-11-7-10-17(14-18)27-23(20-13-12-19(32-2)15-21(20)33-3)22(25(29)26(27)30)24(28)16-8-5-4-6-9-16/h4-15,23,28H,1-3H3/b24-22-.